The molecule has 0 N–H and O–H groups in total. The van der Waals surface area contributed by atoms with Crippen molar-refractivity contribution >= 4 is 28.3 Å². The van der Waals surface area contributed by atoms with Gasteiger partial charge >= 0.3 is 0 Å². The third-order valence-corrected chi connectivity index (χ3v) is 5.33. The molecule has 0 bridgehead atoms. The zero-order chi connectivity index (χ0) is 20.4. The molecule has 0 saturated heterocycles. The lowest BCUT2D eigenvalue weighted by atomic mass is 9.83. The maximum atomic E-state index is 13.9. The summed E-state index contributed by atoms with van der Waals surface area (Å²) in [6.45, 7) is 0. The Hall–Kier alpha value is -3.32. The summed E-state index contributed by atoms with van der Waals surface area (Å²) in [6, 6.07) is 14.5. The number of hydrogen-bond acceptors (Lipinski definition) is 5. The smallest absolute Gasteiger partial charge is 0.144 e. The molecular formula is C22H16FNO4S. The van der Waals surface area contributed by atoms with Crippen LogP contribution in [-0.4, -0.2) is 19.7 Å². The van der Waals surface area contributed by atoms with Gasteiger partial charge in [-0.15, -0.1) is 0 Å². The van der Waals surface area contributed by atoms with Crippen LogP contribution in [0.25, 0.3) is 11.3 Å². The Bertz CT molecular complexity index is 1160. The van der Waals surface area contributed by atoms with Gasteiger partial charge in [0.2, 0.25) is 0 Å². The van der Waals surface area contributed by atoms with Crippen LogP contribution in [0.1, 0.15) is 28.2 Å². The number of pyridine rings is 1. The topological polar surface area (TPSA) is 73.3 Å². The van der Waals surface area contributed by atoms with E-state index in [9.17, 15) is 17.6 Å². The van der Waals surface area contributed by atoms with Crippen LogP contribution in [0.5, 0.6) is 5.75 Å². The van der Waals surface area contributed by atoms with Gasteiger partial charge in [0, 0.05) is 34.7 Å². The first-order chi connectivity index (χ1) is 14.1. The number of hydrogen-bond donors (Lipinski definition) is 1. The number of rotatable bonds is 5. The Morgan fingerprint density at radius 3 is 2.52 bits per heavy atom. The van der Waals surface area contributed by atoms with Crippen LogP contribution in [0.3, 0.4) is 0 Å². The van der Waals surface area contributed by atoms with Gasteiger partial charge in [0.1, 0.15) is 34.3 Å². The van der Waals surface area contributed by atoms with Crippen LogP contribution in [0.2, 0.25) is 0 Å². The maximum Gasteiger partial charge on any atom is 0.144 e. The molecule has 0 spiro atoms. The number of ether oxygens (including phenoxy) is 1. The standard InChI is InChI=1S/C22H16FNO4S/c23-17-7-8-20-18(10-17)19(12-25)21(16-2-1-9-24-11-16)22(28-20)15-5-3-14(4-6-15)13-29(26)27/h1-12,19,29H,13H2. The van der Waals surface area contributed by atoms with Crippen LogP contribution in [-0.2, 0) is 21.3 Å². The lowest BCUT2D eigenvalue weighted by molar-refractivity contribution is -0.108. The summed E-state index contributed by atoms with van der Waals surface area (Å²) < 4.78 is 41.9. The van der Waals surface area contributed by atoms with Crippen molar-refractivity contribution in [2.24, 2.45) is 0 Å². The second kappa shape index (κ2) is 7.97. The van der Waals surface area contributed by atoms with Crippen molar-refractivity contribution in [2.45, 2.75) is 11.7 Å². The first-order valence-corrected chi connectivity index (χ1v) is 10.2. The third kappa shape index (κ3) is 3.82. The lowest BCUT2D eigenvalue weighted by Crippen LogP contribution is -2.16. The zero-order valence-corrected chi connectivity index (χ0v) is 16.0. The molecule has 0 fully saturated rings. The van der Waals surface area contributed by atoms with E-state index in [-0.39, 0.29) is 5.75 Å². The maximum absolute atomic E-state index is 13.9. The number of aldehydes is 1. The van der Waals surface area contributed by atoms with Crippen LogP contribution in [0, 0.1) is 5.82 Å². The Balaban J connectivity index is 1.90. The third-order valence-electron chi connectivity index (χ3n) is 4.71. The van der Waals surface area contributed by atoms with Gasteiger partial charge in [-0.1, -0.05) is 30.3 Å². The fourth-order valence-corrected chi connectivity index (χ4v) is 3.93. The molecule has 1 atom stereocenters. The van der Waals surface area contributed by atoms with Crippen molar-refractivity contribution in [1.82, 2.24) is 4.98 Å². The van der Waals surface area contributed by atoms with Crippen molar-refractivity contribution in [1.29, 1.82) is 0 Å². The number of carbonyl (C=O) groups is 1. The average Bonchev–Trinajstić information content (AvgIpc) is 2.73. The van der Waals surface area contributed by atoms with Crippen LogP contribution < -0.4 is 4.74 Å². The minimum atomic E-state index is -2.53. The Labute approximate surface area is 168 Å². The SMILES string of the molecule is O=CC1C(c2cccnc2)=C(c2ccc(C[SH](=O)=O)cc2)Oc2ccc(F)cc21. The van der Waals surface area contributed by atoms with Crippen molar-refractivity contribution in [3.8, 4) is 5.75 Å². The summed E-state index contributed by atoms with van der Waals surface area (Å²) in [5, 5.41) is 0. The van der Waals surface area contributed by atoms with E-state index in [0.29, 0.717) is 39.3 Å². The van der Waals surface area contributed by atoms with Gasteiger partial charge in [-0.3, -0.25) is 4.98 Å². The van der Waals surface area contributed by atoms with E-state index < -0.39 is 22.4 Å². The van der Waals surface area contributed by atoms with E-state index in [1.165, 1.54) is 18.2 Å². The fourth-order valence-electron chi connectivity index (χ4n) is 3.42. The molecule has 0 radical (unpaired) electrons. The highest BCUT2D eigenvalue weighted by Crippen LogP contribution is 2.45. The van der Waals surface area contributed by atoms with Crippen LogP contribution in [0.15, 0.2) is 67.0 Å². The number of benzene rings is 2. The molecule has 0 aliphatic carbocycles. The van der Waals surface area contributed by atoms with Gasteiger partial charge < -0.3 is 9.53 Å². The first-order valence-electron chi connectivity index (χ1n) is 8.85. The van der Waals surface area contributed by atoms with Gasteiger partial charge in [0.25, 0.3) is 0 Å². The minimum absolute atomic E-state index is 0.0515. The summed E-state index contributed by atoms with van der Waals surface area (Å²) in [5.41, 5.74) is 3.03. The van der Waals surface area contributed by atoms with E-state index in [1.807, 2.05) is 6.07 Å². The highest BCUT2D eigenvalue weighted by Gasteiger charge is 2.31. The number of aromatic nitrogens is 1. The molecule has 0 saturated carbocycles. The van der Waals surface area contributed by atoms with Crippen LogP contribution >= 0.6 is 0 Å². The Kier molecular flexibility index (Phi) is 5.22. The fraction of sp³-hybridized carbons (Fsp3) is 0.0909. The monoisotopic (exact) mass is 409 g/mol. The van der Waals surface area contributed by atoms with Crippen molar-refractivity contribution in [3.05, 3.63) is 95.1 Å². The van der Waals surface area contributed by atoms with Crippen molar-refractivity contribution in [2.75, 3.05) is 0 Å². The summed E-state index contributed by atoms with van der Waals surface area (Å²) >= 11 is 0. The predicted octanol–water partition coefficient (Wildman–Crippen LogP) is 3.58. The second-order valence-electron chi connectivity index (χ2n) is 6.57. The Morgan fingerprint density at radius 1 is 1.07 bits per heavy atom. The van der Waals surface area contributed by atoms with E-state index in [1.54, 1.807) is 42.7 Å². The quantitative estimate of drug-likeness (QED) is 0.515. The molecule has 1 aliphatic rings. The van der Waals surface area contributed by atoms with Crippen molar-refractivity contribution < 1.29 is 22.3 Å². The van der Waals surface area contributed by atoms with Crippen LogP contribution in [0.4, 0.5) is 4.39 Å². The Morgan fingerprint density at radius 2 is 1.86 bits per heavy atom. The molecule has 29 heavy (non-hydrogen) atoms. The molecule has 146 valence electrons. The van der Waals surface area contributed by atoms with Crippen molar-refractivity contribution in [3.63, 3.8) is 0 Å². The normalized spacial score (nSPS) is 15.7. The number of halogens is 1. The van der Waals surface area contributed by atoms with E-state index in [0.717, 1.165) is 6.29 Å². The molecule has 1 aromatic heterocycles. The van der Waals surface area contributed by atoms with E-state index >= 15 is 0 Å². The molecule has 4 rings (SSSR count). The molecule has 1 unspecified atom stereocenters. The number of fused-ring (bicyclic) bond motifs is 1. The molecule has 1 aliphatic heterocycles. The molecule has 2 aromatic carbocycles. The molecule has 0 amide bonds. The summed E-state index contributed by atoms with van der Waals surface area (Å²) in [7, 11) is -2.53. The molecule has 5 nitrogen and oxygen atoms in total. The minimum Gasteiger partial charge on any atom is -0.456 e. The summed E-state index contributed by atoms with van der Waals surface area (Å²) in [4.78, 5) is 16.2. The van der Waals surface area contributed by atoms with Gasteiger partial charge in [0.15, 0.2) is 0 Å². The van der Waals surface area contributed by atoms with Gasteiger partial charge in [-0.05, 0) is 29.8 Å². The van der Waals surface area contributed by atoms with Gasteiger partial charge in [-0.2, -0.15) is 0 Å². The van der Waals surface area contributed by atoms with E-state index in [4.69, 9.17) is 4.74 Å². The van der Waals surface area contributed by atoms with Gasteiger partial charge in [0.05, 0.1) is 11.7 Å². The largest absolute Gasteiger partial charge is 0.456 e. The zero-order valence-electron chi connectivity index (χ0n) is 15.1. The second-order valence-corrected chi connectivity index (χ2v) is 7.55. The lowest BCUT2D eigenvalue weighted by Gasteiger charge is -2.28. The molecular weight excluding hydrogens is 393 g/mol. The first kappa shape index (κ1) is 19.0. The van der Waals surface area contributed by atoms with Gasteiger partial charge in [-0.25, -0.2) is 12.8 Å². The number of thiol groups is 1. The summed E-state index contributed by atoms with van der Waals surface area (Å²) in [6.07, 6.45) is 4.01. The molecule has 7 heteroatoms. The highest BCUT2D eigenvalue weighted by molar-refractivity contribution is 7.71. The molecule has 3 aromatic rings. The number of allylic oxidation sites excluding steroid dienone is 1. The van der Waals surface area contributed by atoms with E-state index in [2.05, 4.69) is 4.98 Å². The summed E-state index contributed by atoms with van der Waals surface area (Å²) in [5.74, 6) is -0.386. The molecule has 2 heterocycles. The number of nitrogens with zero attached hydrogens (tertiary/aromatic N) is 1. The average molecular weight is 409 g/mol. The predicted molar refractivity (Wildman–Crippen MR) is 107 cm³/mol. The number of carbonyl (C=O) groups excluding carboxylic acids is 1. The highest BCUT2D eigenvalue weighted by atomic mass is 32.2.